The minimum atomic E-state index is -4.54. The van der Waals surface area contributed by atoms with Gasteiger partial charge in [0, 0.05) is 17.2 Å². The van der Waals surface area contributed by atoms with Crippen LogP contribution in [0.1, 0.15) is 21.5 Å². The molecule has 5 nitrogen and oxygen atoms in total. The third kappa shape index (κ3) is 4.22. The van der Waals surface area contributed by atoms with Gasteiger partial charge in [0.15, 0.2) is 0 Å². The van der Waals surface area contributed by atoms with Crippen LogP contribution in [0.4, 0.5) is 13.2 Å². The van der Waals surface area contributed by atoms with E-state index in [2.05, 4.69) is 10.5 Å². The maximum Gasteiger partial charge on any atom is 0.416 e. The van der Waals surface area contributed by atoms with Gasteiger partial charge < -0.3 is 10.2 Å². The molecule has 0 bridgehead atoms. The number of alkyl halides is 3. The minimum absolute atomic E-state index is 0.146. The lowest BCUT2D eigenvalue weighted by molar-refractivity contribution is -0.137. The molecular weight excluding hydrogens is 313 g/mol. The fourth-order valence-corrected chi connectivity index (χ4v) is 1.70. The van der Waals surface area contributed by atoms with Crippen molar-refractivity contribution in [1.82, 2.24) is 5.43 Å². The van der Waals surface area contributed by atoms with Crippen molar-refractivity contribution in [3.63, 3.8) is 0 Å². The van der Waals surface area contributed by atoms with Gasteiger partial charge in [-0.05, 0) is 30.3 Å². The first-order valence-corrected chi connectivity index (χ1v) is 6.30. The Labute approximate surface area is 128 Å². The van der Waals surface area contributed by atoms with E-state index >= 15 is 0 Å². The van der Waals surface area contributed by atoms with Crippen LogP contribution < -0.4 is 5.43 Å². The highest BCUT2D eigenvalue weighted by atomic mass is 19.4. The van der Waals surface area contributed by atoms with E-state index in [-0.39, 0.29) is 22.6 Å². The number of carbonyl (C=O) groups is 1. The topological polar surface area (TPSA) is 81.9 Å². The van der Waals surface area contributed by atoms with Gasteiger partial charge in [0.2, 0.25) is 0 Å². The number of rotatable bonds is 3. The minimum Gasteiger partial charge on any atom is -0.508 e. The highest BCUT2D eigenvalue weighted by molar-refractivity contribution is 5.95. The monoisotopic (exact) mass is 324 g/mol. The lowest BCUT2D eigenvalue weighted by Crippen LogP contribution is -2.18. The molecule has 0 aliphatic carbocycles. The van der Waals surface area contributed by atoms with E-state index in [9.17, 15) is 23.1 Å². The summed E-state index contributed by atoms with van der Waals surface area (Å²) in [6.07, 6.45) is -3.45. The van der Waals surface area contributed by atoms with E-state index in [0.29, 0.717) is 6.07 Å². The zero-order chi connectivity index (χ0) is 17.0. The summed E-state index contributed by atoms with van der Waals surface area (Å²) in [5.74, 6) is -1.24. The van der Waals surface area contributed by atoms with Crippen molar-refractivity contribution in [3.8, 4) is 11.5 Å². The molecule has 2 aromatic rings. The Bertz CT molecular complexity index is 758. The first-order valence-electron chi connectivity index (χ1n) is 6.30. The SMILES string of the molecule is O=C(N/N=C\c1ccc(O)cc1O)c1cccc(C(F)(F)F)c1. The Morgan fingerprint density at radius 2 is 1.87 bits per heavy atom. The zero-order valence-corrected chi connectivity index (χ0v) is 11.5. The van der Waals surface area contributed by atoms with E-state index in [1.165, 1.54) is 18.2 Å². The number of amides is 1. The molecule has 0 aromatic heterocycles. The number of nitrogens with one attached hydrogen (secondary N) is 1. The highest BCUT2D eigenvalue weighted by Gasteiger charge is 2.30. The number of phenolic OH excluding ortho intramolecular Hbond substituents is 2. The average Bonchev–Trinajstić information content (AvgIpc) is 2.48. The highest BCUT2D eigenvalue weighted by Crippen LogP contribution is 2.29. The van der Waals surface area contributed by atoms with E-state index in [4.69, 9.17) is 5.11 Å². The Morgan fingerprint density at radius 1 is 1.13 bits per heavy atom. The molecule has 0 aliphatic rings. The zero-order valence-electron chi connectivity index (χ0n) is 11.5. The largest absolute Gasteiger partial charge is 0.508 e. The van der Waals surface area contributed by atoms with Gasteiger partial charge in [-0.15, -0.1) is 0 Å². The van der Waals surface area contributed by atoms with Crippen LogP contribution in [0.5, 0.6) is 11.5 Å². The number of nitrogens with zero attached hydrogens (tertiary/aromatic N) is 1. The standard InChI is InChI=1S/C15H11F3N2O3/c16-15(17,18)11-3-1-2-9(6-11)14(23)20-19-8-10-4-5-12(21)7-13(10)22/h1-8,21-22H,(H,20,23)/b19-8-. The summed E-state index contributed by atoms with van der Waals surface area (Å²) in [6.45, 7) is 0. The number of halogens is 3. The van der Waals surface area contributed by atoms with Crippen molar-refractivity contribution in [1.29, 1.82) is 0 Å². The molecule has 2 aromatic carbocycles. The fraction of sp³-hybridized carbons (Fsp3) is 0.0667. The van der Waals surface area contributed by atoms with Crippen LogP contribution in [0.15, 0.2) is 47.6 Å². The predicted octanol–water partition coefficient (Wildman–Crippen LogP) is 2.88. The summed E-state index contributed by atoms with van der Waals surface area (Å²) < 4.78 is 37.7. The summed E-state index contributed by atoms with van der Waals surface area (Å²) in [7, 11) is 0. The number of aromatic hydroxyl groups is 2. The van der Waals surface area contributed by atoms with Crippen molar-refractivity contribution in [3.05, 3.63) is 59.2 Å². The fourth-order valence-electron chi connectivity index (χ4n) is 1.70. The van der Waals surface area contributed by atoms with Crippen LogP contribution in [0.25, 0.3) is 0 Å². The van der Waals surface area contributed by atoms with Crippen molar-refractivity contribution in [2.45, 2.75) is 6.18 Å². The molecule has 120 valence electrons. The summed E-state index contributed by atoms with van der Waals surface area (Å²) in [5.41, 5.74) is 1.13. The number of phenols is 2. The second-order valence-corrected chi connectivity index (χ2v) is 4.52. The summed E-state index contributed by atoms with van der Waals surface area (Å²) >= 11 is 0. The normalized spacial score (nSPS) is 11.6. The number of hydrazone groups is 1. The third-order valence-corrected chi connectivity index (χ3v) is 2.84. The van der Waals surface area contributed by atoms with Gasteiger partial charge in [-0.25, -0.2) is 5.43 Å². The van der Waals surface area contributed by atoms with Crippen molar-refractivity contribution < 1.29 is 28.2 Å². The van der Waals surface area contributed by atoms with Crippen LogP contribution in [0.2, 0.25) is 0 Å². The molecule has 0 radical (unpaired) electrons. The Balaban J connectivity index is 2.09. The Morgan fingerprint density at radius 3 is 2.52 bits per heavy atom. The van der Waals surface area contributed by atoms with Crippen LogP contribution in [0, 0.1) is 0 Å². The van der Waals surface area contributed by atoms with Gasteiger partial charge in [0.25, 0.3) is 5.91 Å². The van der Waals surface area contributed by atoms with E-state index in [0.717, 1.165) is 24.4 Å². The molecule has 0 fully saturated rings. The van der Waals surface area contributed by atoms with Crippen molar-refractivity contribution in [2.75, 3.05) is 0 Å². The van der Waals surface area contributed by atoms with E-state index in [1.807, 2.05) is 0 Å². The van der Waals surface area contributed by atoms with Gasteiger partial charge in [0.05, 0.1) is 11.8 Å². The van der Waals surface area contributed by atoms with Crippen LogP contribution in [-0.4, -0.2) is 22.3 Å². The van der Waals surface area contributed by atoms with Gasteiger partial charge >= 0.3 is 6.18 Å². The molecule has 2 rings (SSSR count). The van der Waals surface area contributed by atoms with Crippen molar-refractivity contribution >= 4 is 12.1 Å². The summed E-state index contributed by atoms with van der Waals surface area (Å²) in [6, 6.07) is 7.64. The second-order valence-electron chi connectivity index (χ2n) is 4.52. The second kappa shape index (κ2) is 6.39. The summed E-state index contributed by atoms with van der Waals surface area (Å²) in [4.78, 5) is 11.8. The van der Waals surface area contributed by atoms with E-state index in [1.54, 1.807) is 0 Å². The maximum absolute atomic E-state index is 12.6. The Hall–Kier alpha value is -3.03. The van der Waals surface area contributed by atoms with Crippen LogP contribution in [0.3, 0.4) is 0 Å². The smallest absolute Gasteiger partial charge is 0.416 e. The lowest BCUT2D eigenvalue weighted by atomic mass is 10.1. The molecule has 0 aliphatic heterocycles. The van der Waals surface area contributed by atoms with Gasteiger partial charge in [-0.3, -0.25) is 4.79 Å². The molecule has 0 spiro atoms. The molecule has 23 heavy (non-hydrogen) atoms. The van der Waals surface area contributed by atoms with Crippen molar-refractivity contribution in [2.24, 2.45) is 5.10 Å². The number of carbonyl (C=O) groups excluding carboxylic acids is 1. The number of benzene rings is 2. The van der Waals surface area contributed by atoms with Gasteiger partial charge in [0.1, 0.15) is 11.5 Å². The quantitative estimate of drug-likeness (QED) is 0.600. The van der Waals surface area contributed by atoms with E-state index < -0.39 is 17.6 Å². The molecule has 1 amide bonds. The molecule has 0 atom stereocenters. The number of hydrogen-bond acceptors (Lipinski definition) is 4. The van der Waals surface area contributed by atoms with Gasteiger partial charge in [-0.2, -0.15) is 18.3 Å². The molecular formula is C15H11F3N2O3. The van der Waals surface area contributed by atoms with Crippen LogP contribution >= 0.6 is 0 Å². The van der Waals surface area contributed by atoms with Gasteiger partial charge in [-0.1, -0.05) is 6.07 Å². The predicted molar refractivity (Wildman–Crippen MR) is 76.3 cm³/mol. The molecule has 0 saturated heterocycles. The summed E-state index contributed by atoms with van der Waals surface area (Å²) in [5, 5.41) is 22.2. The molecule has 3 N–H and O–H groups in total. The maximum atomic E-state index is 12.6. The molecule has 0 unspecified atom stereocenters. The first-order chi connectivity index (χ1) is 10.8. The molecule has 0 saturated carbocycles. The molecule has 0 heterocycles. The number of hydrogen-bond donors (Lipinski definition) is 3. The Kier molecular flexibility index (Phi) is 4.54. The third-order valence-electron chi connectivity index (χ3n) is 2.84. The first kappa shape index (κ1) is 16.3. The average molecular weight is 324 g/mol. The van der Waals surface area contributed by atoms with Crippen LogP contribution in [-0.2, 0) is 6.18 Å². The lowest BCUT2D eigenvalue weighted by Gasteiger charge is -2.07. The molecule has 8 heteroatoms.